The Morgan fingerprint density at radius 1 is 0.205 bits per heavy atom. The van der Waals surface area contributed by atoms with Gasteiger partial charge in [0.1, 0.15) is 11.2 Å². The molecule has 0 atom stereocenters. The highest BCUT2D eigenvalue weighted by Gasteiger charge is 2.21. The Labute approximate surface area is 421 Å². The first-order valence-corrected chi connectivity index (χ1v) is 24.3. The van der Waals surface area contributed by atoms with Gasteiger partial charge in [-0.2, -0.15) is 0 Å². The van der Waals surface area contributed by atoms with Crippen molar-refractivity contribution in [2.24, 2.45) is 0 Å². The topological polar surface area (TPSA) is 90.5 Å². The molecule has 0 aliphatic carbocycles. The molecular formula is C66H42N6O. The lowest BCUT2D eigenvalue weighted by atomic mass is 9.95. The van der Waals surface area contributed by atoms with Crippen LogP contribution in [0.3, 0.4) is 0 Å². The summed E-state index contributed by atoms with van der Waals surface area (Å²) in [7, 11) is 0. The number of rotatable bonds is 10. The van der Waals surface area contributed by atoms with Gasteiger partial charge in [0.15, 0.2) is 34.9 Å². The molecule has 0 radical (unpaired) electrons. The van der Waals surface area contributed by atoms with Gasteiger partial charge in [-0.15, -0.1) is 0 Å². The van der Waals surface area contributed by atoms with Gasteiger partial charge in [0.05, 0.1) is 0 Å². The minimum absolute atomic E-state index is 0.518. The van der Waals surface area contributed by atoms with Gasteiger partial charge >= 0.3 is 0 Å². The van der Waals surface area contributed by atoms with E-state index in [4.69, 9.17) is 34.3 Å². The standard InChI is InChI=1S/C66H42N6O/c1-7-20-43(21-8-1)50-36-51(44-22-9-2-10-23-44)39-54(38-50)64-68-63(69-65(70-64)55-40-52(45-24-11-3-12-25-45)37-53(41-55)46-26-13-4-14-27-46)49-34-35-58-57(42-49)60-56(32-19-33-59(60)73-58)66-71-61(47-28-15-5-16-29-47)67-62(72-66)48-30-17-6-18-31-48/h1-42H. The van der Waals surface area contributed by atoms with Crippen molar-refractivity contribution in [1.29, 1.82) is 0 Å². The predicted molar refractivity (Wildman–Crippen MR) is 295 cm³/mol. The molecule has 0 aliphatic rings. The third-order valence-electron chi connectivity index (χ3n) is 13.1. The first-order chi connectivity index (χ1) is 36.1. The van der Waals surface area contributed by atoms with Crippen LogP contribution < -0.4 is 0 Å². The number of fused-ring (bicyclic) bond motifs is 3. The fourth-order valence-electron chi connectivity index (χ4n) is 9.55. The van der Waals surface area contributed by atoms with Crippen LogP contribution in [0.2, 0.25) is 0 Å². The Kier molecular flexibility index (Phi) is 11.1. The van der Waals surface area contributed by atoms with Crippen molar-refractivity contribution < 1.29 is 4.42 Å². The predicted octanol–water partition coefficient (Wildman–Crippen LogP) is 16.6. The van der Waals surface area contributed by atoms with E-state index in [2.05, 4.69) is 146 Å². The van der Waals surface area contributed by atoms with Gasteiger partial charge in [-0.3, -0.25) is 0 Å². The van der Waals surface area contributed by atoms with Crippen LogP contribution in [0.4, 0.5) is 0 Å². The number of nitrogens with zero attached hydrogens (tertiary/aromatic N) is 6. The first-order valence-electron chi connectivity index (χ1n) is 24.3. The van der Waals surface area contributed by atoms with E-state index in [1.54, 1.807) is 0 Å². The van der Waals surface area contributed by atoms with Crippen molar-refractivity contribution in [3.8, 4) is 113 Å². The van der Waals surface area contributed by atoms with Crippen LogP contribution >= 0.6 is 0 Å². The van der Waals surface area contributed by atoms with Crippen molar-refractivity contribution in [1.82, 2.24) is 29.9 Å². The molecule has 3 aromatic heterocycles. The molecule has 10 aromatic carbocycles. The fourth-order valence-corrected chi connectivity index (χ4v) is 9.55. The Bertz CT molecular complexity index is 3790. The summed E-state index contributed by atoms with van der Waals surface area (Å²) in [5, 5.41) is 1.76. The average molecular weight is 935 g/mol. The van der Waals surface area contributed by atoms with Crippen molar-refractivity contribution in [2.45, 2.75) is 0 Å². The third-order valence-corrected chi connectivity index (χ3v) is 13.1. The second kappa shape index (κ2) is 18.7. The summed E-state index contributed by atoms with van der Waals surface area (Å²) in [5.74, 6) is 3.32. The number of furan rings is 1. The monoisotopic (exact) mass is 934 g/mol. The first kappa shape index (κ1) is 43.1. The van der Waals surface area contributed by atoms with Gasteiger partial charge in [-0.1, -0.05) is 194 Å². The molecule has 342 valence electrons. The molecule has 0 fully saturated rings. The van der Waals surface area contributed by atoms with Gasteiger partial charge in [-0.25, -0.2) is 29.9 Å². The maximum atomic E-state index is 6.62. The lowest BCUT2D eigenvalue weighted by molar-refractivity contribution is 0.669. The summed E-state index contributed by atoms with van der Waals surface area (Å²) in [4.78, 5) is 31.4. The Morgan fingerprint density at radius 3 is 0.932 bits per heavy atom. The van der Waals surface area contributed by atoms with Crippen LogP contribution in [-0.4, -0.2) is 29.9 Å². The van der Waals surface area contributed by atoms with Gasteiger partial charge in [0, 0.05) is 44.2 Å². The van der Waals surface area contributed by atoms with Crippen LogP contribution in [0.1, 0.15) is 0 Å². The van der Waals surface area contributed by atoms with Crippen LogP contribution in [-0.2, 0) is 0 Å². The molecule has 0 saturated carbocycles. The molecule has 0 bridgehead atoms. The summed E-state index contributed by atoms with van der Waals surface area (Å²) in [6.45, 7) is 0. The molecule has 0 N–H and O–H groups in total. The van der Waals surface area contributed by atoms with E-state index in [1.165, 1.54) is 0 Å². The Hall–Kier alpha value is -9.98. The highest BCUT2D eigenvalue weighted by atomic mass is 16.3. The summed E-state index contributed by atoms with van der Waals surface area (Å²) in [6, 6.07) is 87.3. The molecule has 0 unspecified atom stereocenters. The summed E-state index contributed by atoms with van der Waals surface area (Å²) >= 11 is 0. The minimum atomic E-state index is 0.518. The van der Waals surface area contributed by atoms with Gasteiger partial charge < -0.3 is 4.42 Å². The smallest absolute Gasteiger partial charge is 0.164 e. The van der Waals surface area contributed by atoms with Gasteiger partial charge in [0.25, 0.3) is 0 Å². The summed E-state index contributed by atoms with van der Waals surface area (Å²) in [6.07, 6.45) is 0. The maximum Gasteiger partial charge on any atom is 0.164 e. The molecule has 0 aliphatic heterocycles. The Morgan fingerprint density at radius 2 is 0.534 bits per heavy atom. The lowest BCUT2D eigenvalue weighted by Gasteiger charge is -2.14. The number of aromatic nitrogens is 6. The highest BCUT2D eigenvalue weighted by molar-refractivity contribution is 6.12. The van der Waals surface area contributed by atoms with E-state index in [1.807, 2.05) is 109 Å². The van der Waals surface area contributed by atoms with Gasteiger partial charge in [0.2, 0.25) is 0 Å². The fraction of sp³-hybridized carbons (Fsp3) is 0. The third kappa shape index (κ3) is 8.62. The molecule has 73 heavy (non-hydrogen) atoms. The minimum Gasteiger partial charge on any atom is -0.456 e. The number of hydrogen-bond acceptors (Lipinski definition) is 7. The maximum absolute atomic E-state index is 6.62. The highest BCUT2D eigenvalue weighted by Crippen LogP contribution is 2.40. The van der Waals surface area contributed by atoms with Crippen molar-refractivity contribution >= 4 is 21.9 Å². The van der Waals surface area contributed by atoms with Crippen LogP contribution in [0.15, 0.2) is 259 Å². The SMILES string of the molecule is c1ccc(-c2cc(-c3ccccc3)cc(-c3nc(-c4cc(-c5ccccc5)cc(-c5ccccc5)c4)nc(-c4ccc5oc6cccc(-c7nc(-c8ccccc8)nc(-c8ccccc8)n7)c6c5c4)n3)c2)cc1. The summed E-state index contributed by atoms with van der Waals surface area (Å²) < 4.78 is 6.62. The van der Waals surface area contributed by atoms with E-state index in [9.17, 15) is 0 Å². The van der Waals surface area contributed by atoms with Crippen LogP contribution in [0.25, 0.3) is 135 Å². The van der Waals surface area contributed by atoms with E-state index in [0.717, 1.165) is 88.7 Å². The molecular weight excluding hydrogens is 893 g/mol. The average Bonchev–Trinajstić information content (AvgIpc) is 3.87. The largest absolute Gasteiger partial charge is 0.456 e. The van der Waals surface area contributed by atoms with Crippen LogP contribution in [0.5, 0.6) is 0 Å². The molecule has 0 saturated heterocycles. The number of hydrogen-bond donors (Lipinski definition) is 0. The second-order valence-electron chi connectivity index (χ2n) is 17.9. The zero-order valence-electron chi connectivity index (χ0n) is 39.3. The van der Waals surface area contributed by atoms with E-state index in [0.29, 0.717) is 46.1 Å². The molecule has 13 rings (SSSR count). The van der Waals surface area contributed by atoms with Crippen LogP contribution in [0, 0.1) is 0 Å². The molecule has 7 heteroatoms. The molecule has 7 nitrogen and oxygen atoms in total. The van der Waals surface area contributed by atoms with Crippen molar-refractivity contribution in [2.75, 3.05) is 0 Å². The van der Waals surface area contributed by atoms with E-state index in [-0.39, 0.29) is 0 Å². The quantitative estimate of drug-likeness (QED) is 0.135. The molecule has 3 heterocycles. The van der Waals surface area contributed by atoms with E-state index >= 15 is 0 Å². The molecule has 13 aromatic rings. The van der Waals surface area contributed by atoms with Crippen molar-refractivity contribution in [3.05, 3.63) is 255 Å². The normalized spacial score (nSPS) is 11.3. The lowest BCUT2D eigenvalue weighted by Crippen LogP contribution is -2.01. The Balaban J connectivity index is 1.03. The molecule has 0 spiro atoms. The van der Waals surface area contributed by atoms with Crippen molar-refractivity contribution in [3.63, 3.8) is 0 Å². The molecule has 0 amide bonds. The number of benzene rings is 10. The zero-order valence-corrected chi connectivity index (χ0v) is 39.3. The van der Waals surface area contributed by atoms with E-state index < -0.39 is 0 Å². The zero-order chi connectivity index (χ0) is 48.5. The second-order valence-corrected chi connectivity index (χ2v) is 17.9. The van der Waals surface area contributed by atoms with Gasteiger partial charge in [-0.05, 0) is 105 Å². The summed E-state index contributed by atoms with van der Waals surface area (Å²) in [5.41, 5.74) is 15.2.